The average molecular weight is 284 g/mol. The molecular formula is C13H24N4O3. The number of hydrogen-bond donors (Lipinski definition) is 3. The number of nitrogens with one attached hydrogen (secondary N) is 2. The summed E-state index contributed by atoms with van der Waals surface area (Å²) in [7, 11) is 1.63. The lowest BCUT2D eigenvalue weighted by atomic mass is 10.2. The first-order chi connectivity index (χ1) is 9.70. The van der Waals surface area contributed by atoms with E-state index in [0.717, 1.165) is 25.0 Å². The summed E-state index contributed by atoms with van der Waals surface area (Å²) in [6.07, 6.45) is 2.48. The lowest BCUT2D eigenvalue weighted by Gasteiger charge is -2.05. The van der Waals surface area contributed by atoms with E-state index in [1.165, 1.54) is 0 Å². The third kappa shape index (κ3) is 5.18. The van der Waals surface area contributed by atoms with Gasteiger partial charge in [-0.2, -0.15) is 5.10 Å². The number of aryl methyl sites for hydroxylation is 1. The number of anilines is 1. The van der Waals surface area contributed by atoms with Gasteiger partial charge in [-0.05, 0) is 12.8 Å². The van der Waals surface area contributed by atoms with E-state index < -0.39 is 0 Å². The molecule has 0 aliphatic heterocycles. The van der Waals surface area contributed by atoms with Gasteiger partial charge in [0.1, 0.15) is 0 Å². The van der Waals surface area contributed by atoms with Crippen molar-refractivity contribution in [1.29, 1.82) is 0 Å². The predicted octanol–water partition coefficient (Wildman–Crippen LogP) is 0.727. The summed E-state index contributed by atoms with van der Waals surface area (Å²) in [6.45, 7) is 4.30. The van der Waals surface area contributed by atoms with Crippen molar-refractivity contribution in [3.05, 3.63) is 11.4 Å². The van der Waals surface area contributed by atoms with E-state index in [4.69, 9.17) is 15.2 Å². The van der Waals surface area contributed by atoms with Gasteiger partial charge in [0.15, 0.2) is 5.69 Å². The van der Waals surface area contributed by atoms with Crippen molar-refractivity contribution >= 4 is 11.6 Å². The summed E-state index contributed by atoms with van der Waals surface area (Å²) < 4.78 is 10.2. The molecule has 0 aromatic carbocycles. The van der Waals surface area contributed by atoms with E-state index >= 15 is 0 Å². The Morgan fingerprint density at radius 3 is 2.90 bits per heavy atom. The van der Waals surface area contributed by atoms with Gasteiger partial charge in [-0.3, -0.25) is 9.89 Å². The Morgan fingerprint density at radius 2 is 2.20 bits per heavy atom. The van der Waals surface area contributed by atoms with Crippen molar-refractivity contribution < 1.29 is 14.3 Å². The molecule has 0 atom stereocenters. The number of amides is 1. The minimum absolute atomic E-state index is 0.252. The van der Waals surface area contributed by atoms with Crippen molar-refractivity contribution in [2.24, 2.45) is 0 Å². The highest BCUT2D eigenvalue weighted by atomic mass is 16.5. The lowest BCUT2D eigenvalue weighted by molar-refractivity contribution is 0.0688. The van der Waals surface area contributed by atoms with Crippen LogP contribution in [0.5, 0.6) is 0 Å². The highest BCUT2D eigenvalue weighted by molar-refractivity contribution is 5.97. The van der Waals surface area contributed by atoms with Crippen LogP contribution in [0.15, 0.2) is 0 Å². The van der Waals surface area contributed by atoms with Crippen molar-refractivity contribution in [2.45, 2.75) is 26.2 Å². The maximum absolute atomic E-state index is 11.9. The van der Waals surface area contributed by atoms with Gasteiger partial charge in [0.2, 0.25) is 0 Å². The number of ether oxygens (including phenoxy) is 2. The van der Waals surface area contributed by atoms with Crippen molar-refractivity contribution in [2.75, 3.05) is 39.2 Å². The summed E-state index contributed by atoms with van der Waals surface area (Å²) in [6, 6.07) is 0. The highest BCUT2D eigenvalue weighted by Gasteiger charge is 2.16. The van der Waals surface area contributed by atoms with Crippen LogP contribution >= 0.6 is 0 Å². The molecule has 0 saturated heterocycles. The summed E-state index contributed by atoms with van der Waals surface area (Å²) in [5.41, 5.74) is 7.42. The Labute approximate surface area is 119 Å². The van der Waals surface area contributed by atoms with Gasteiger partial charge in [-0.15, -0.1) is 0 Å². The topological polar surface area (TPSA) is 102 Å². The van der Waals surface area contributed by atoms with Crippen LogP contribution in [-0.2, 0) is 15.9 Å². The van der Waals surface area contributed by atoms with Gasteiger partial charge < -0.3 is 20.5 Å². The number of carbonyl (C=O) groups is 1. The quantitative estimate of drug-likeness (QED) is 0.550. The molecule has 4 N–H and O–H groups in total. The van der Waals surface area contributed by atoms with E-state index in [9.17, 15) is 4.79 Å². The van der Waals surface area contributed by atoms with Gasteiger partial charge in [0.05, 0.1) is 24.6 Å². The molecule has 7 heteroatoms. The monoisotopic (exact) mass is 284 g/mol. The first kappa shape index (κ1) is 16.5. The van der Waals surface area contributed by atoms with Crippen LogP contribution in [0.3, 0.4) is 0 Å². The van der Waals surface area contributed by atoms with Crippen molar-refractivity contribution in [3.8, 4) is 0 Å². The summed E-state index contributed by atoms with van der Waals surface area (Å²) >= 11 is 0. The standard InChI is InChI=1S/C13H24N4O3/c1-3-5-10-11(14)12(17-16-10)13(18)15-6-4-7-20-9-8-19-2/h3-9,14H2,1-2H3,(H,15,18)(H,16,17). The molecule has 0 saturated carbocycles. The largest absolute Gasteiger partial charge is 0.395 e. The molecule has 7 nitrogen and oxygen atoms in total. The molecule has 1 rings (SSSR count). The Bertz CT molecular complexity index is 406. The van der Waals surface area contributed by atoms with E-state index in [-0.39, 0.29) is 11.6 Å². The summed E-state index contributed by atoms with van der Waals surface area (Å²) in [4.78, 5) is 11.9. The summed E-state index contributed by atoms with van der Waals surface area (Å²) in [5.74, 6) is -0.252. The van der Waals surface area contributed by atoms with E-state index in [2.05, 4.69) is 15.5 Å². The van der Waals surface area contributed by atoms with Crippen LogP contribution in [-0.4, -0.2) is 49.6 Å². The molecule has 20 heavy (non-hydrogen) atoms. The SMILES string of the molecule is CCCc1[nH]nc(C(=O)NCCCOCCOC)c1N. The number of H-pyrrole nitrogens is 1. The van der Waals surface area contributed by atoms with Gasteiger partial charge >= 0.3 is 0 Å². The van der Waals surface area contributed by atoms with Crippen molar-refractivity contribution in [3.63, 3.8) is 0 Å². The molecule has 0 bridgehead atoms. The number of aromatic amines is 1. The highest BCUT2D eigenvalue weighted by Crippen LogP contribution is 2.15. The van der Waals surface area contributed by atoms with Crippen molar-refractivity contribution in [1.82, 2.24) is 15.5 Å². The molecule has 0 radical (unpaired) electrons. The van der Waals surface area contributed by atoms with Crippen LogP contribution in [0, 0.1) is 0 Å². The first-order valence-corrected chi connectivity index (χ1v) is 6.88. The fourth-order valence-electron chi connectivity index (χ4n) is 1.70. The molecule has 114 valence electrons. The normalized spacial score (nSPS) is 10.7. The number of nitrogens with zero attached hydrogens (tertiary/aromatic N) is 1. The fourth-order valence-corrected chi connectivity index (χ4v) is 1.70. The molecule has 1 aromatic rings. The average Bonchev–Trinajstić information content (AvgIpc) is 2.80. The molecular weight excluding hydrogens is 260 g/mol. The number of aromatic nitrogens is 2. The first-order valence-electron chi connectivity index (χ1n) is 6.88. The Hall–Kier alpha value is -1.60. The maximum atomic E-state index is 11.9. The molecule has 0 unspecified atom stereocenters. The molecule has 1 heterocycles. The zero-order valence-corrected chi connectivity index (χ0v) is 12.2. The van der Waals surface area contributed by atoms with Crippen LogP contribution < -0.4 is 11.1 Å². The lowest BCUT2D eigenvalue weighted by Crippen LogP contribution is -2.26. The zero-order chi connectivity index (χ0) is 14.8. The second-order valence-corrected chi connectivity index (χ2v) is 4.43. The van der Waals surface area contributed by atoms with E-state index in [0.29, 0.717) is 32.1 Å². The predicted molar refractivity (Wildman–Crippen MR) is 76.6 cm³/mol. The molecule has 0 fully saturated rings. The molecule has 1 aromatic heterocycles. The second kappa shape index (κ2) is 9.33. The minimum atomic E-state index is -0.252. The van der Waals surface area contributed by atoms with Gasteiger partial charge in [-0.1, -0.05) is 13.3 Å². The molecule has 0 aliphatic rings. The van der Waals surface area contributed by atoms with E-state index in [1.54, 1.807) is 7.11 Å². The summed E-state index contributed by atoms with van der Waals surface area (Å²) in [5, 5.41) is 9.54. The number of nitrogen functional groups attached to an aromatic ring is 1. The number of hydrogen-bond acceptors (Lipinski definition) is 5. The molecule has 1 amide bonds. The Morgan fingerprint density at radius 1 is 1.40 bits per heavy atom. The third-order valence-corrected chi connectivity index (χ3v) is 2.78. The van der Waals surface area contributed by atoms with Gasteiger partial charge in [0, 0.05) is 20.3 Å². The zero-order valence-electron chi connectivity index (χ0n) is 12.2. The Kier molecular flexibility index (Phi) is 7.67. The van der Waals surface area contributed by atoms with E-state index in [1.807, 2.05) is 6.92 Å². The van der Waals surface area contributed by atoms with Crippen LogP contribution in [0.25, 0.3) is 0 Å². The van der Waals surface area contributed by atoms with Gasteiger partial charge in [0.25, 0.3) is 5.91 Å². The smallest absolute Gasteiger partial charge is 0.273 e. The van der Waals surface area contributed by atoms with Gasteiger partial charge in [-0.25, -0.2) is 0 Å². The Balaban J connectivity index is 2.25. The van der Waals surface area contributed by atoms with Crippen LogP contribution in [0.4, 0.5) is 5.69 Å². The third-order valence-electron chi connectivity index (χ3n) is 2.78. The number of carbonyl (C=O) groups excluding carboxylic acids is 1. The second-order valence-electron chi connectivity index (χ2n) is 4.43. The van der Waals surface area contributed by atoms with Crippen LogP contribution in [0.2, 0.25) is 0 Å². The number of nitrogens with two attached hydrogens (primary N) is 1. The molecule has 0 spiro atoms. The number of rotatable bonds is 10. The number of methoxy groups -OCH3 is 1. The fraction of sp³-hybridized carbons (Fsp3) is 0.692. The van der Waals surface area contributed by atoms with Crippen LogP contribution in [0.1, 0.15) is 35.9 Å². The maximum Gasteiger partial charge on any atom is 0.273 e. The minimum Gasteiger partial charge on any atom is -0.395 e. The molecule has 0 aliphatic carbocycles.